The van der Waals surface area contributed by atoms with Crippen LogP contribution in [-0.2, 0) is 11.3 Å². The lowest BCUT2D eigenvalue weighted by Gasteiger charge is -2.20. The van der Waals surface area contributed by atoms with Gasteiger partial charge >= 0.3 is 0 Å². The molecule has 7 heteroatoms. The van der Waals surface area contributed by atoms with Crippen LogP contribution in [0.3, 0.4) is 0 Å². The first kappa shape index (κ1) is 23.1. The first-order valence-electron chi connectivity index (χ1n) is 11.8. The molecule has 2 heterocycles. The van der Waals surface area contributed by atoms with Gasteiger partial charge in [-0.1, -0.05) is 36.4 Å². The third-order valence-corrected chi connectivity index (χ3v) is 6.52. The molecule has 4 aromatic rings. The molecule has 1 aliphatic heterocycles. The Morgan fingerprint density at radius 2 is 1.83 bits per heavy atom. The second-order valence-corrected chi connectivity index (χ2v) is 9.14. The van der Waals surface area contributed by atoms with Gasteiger partial charge in [0.2, 0.25) is 5.91 Å². The summed E-state index contributed by atoms with van der Waals surface area (Å²) in [5.74, 6) is 0.903. The second-order valence-electron chi connectivity index (χ2n) is 9.14. The Balaban J connectivity index is 1.39. The van der Waals surface area contributed by atoms with E-state index in [1.54, 1.807) is 17.0 Å². The Morgan fingerprint density at radius 1 is 1.09 bits per heavy atom. The van der Waals surface area contributed by atoms with Crippen LogP contribution in [0.5, 0.6) is 5.75 Å². The van der Waals surface area contributed by atoms with E-state index in [9.17, 15) is 14.3 Å². The number of aliphatic hydroxyl groups excluding tert-OH is 1. The number of carbonyl (C=O) groups is 1. The number of hydrogen-bond donors (Lipinski definition) is 1. The van der Waals surface area contributed by atoms with Crippen LogP contribution in [0.15, 0.2) is 66.7 Å². The molecule has 1 saturated heterocycles. The Labute approximate surface area is 203 Å². The molecule has 0 unspecified atom stereocenters. The van der Waals surface area contributed by atoms with Crippen LogP contribution < -0.4 is 9.64 Å². The van der Waals surface area contributed by atoms with Crippen LogP contribution in [0.25, 0.3) is 11.0 Å². The predicted octanol–water partition coefficient (Wildman–Crippen LogP) is 4.75. The first-order chi connectivity index (χ1) is 16.9. The SMILES string of the molecule is Cc1cccc(C)c1OC[C@@H](O)Cn1c([C@@H]2CC(=O)N(c3cccc(F)c3)C2)nc2ccccc21. The van der Waals surface area contributed by atoms with Gasteiger partial charge in [-0.3, -0.25) is 4.79 Å². The number of imidazole rings is 1. The van der Waals surface area contributed by atoms with Gasteiger partial charge < -0.3 is 19.3 Å². The minimum atomic E-state index is -0.776. The zero-order valence-electron chi connectivity index (χ0n) is 19.8. The summed E-state index contributed by atoms with van der Waals surface area (Å²) in [5, 5.41) is 10.9. The van der Waals surface area contributed by atoms with Gasteiger partial charge in [0.05, 0.1) is 17.6 Å². The average Bonchev–Trinajstić information content (AvgIpc) is 3.39. The van der Waals surface area contributed by atoms with E-state index >= 15 is 0 Å². The number of carbonyl (C=O) groups excluding carboxylic acids is 1. The van der Waals surface area contributed by atoms with Gasteiger partial charge in [0.1, 0.15) is 30.1 Å². The minimum absolute atomic E-state index is 0.0712. The van der Waals surface area contributed by atoms with E-state index in [1.807, 2.05) is 60.9 Å². The van der Waals surface area contributed by atoms with E-state index < -0.39 is 6.10 Å². The summed E-state index contributed by atoms with van der Waals surface area (Å²) in [6, 6.07) is 19.8. The molecule has 0 bridgehead atoms. The van der Waals surface area contributed by atoms with Crippen molar-refractivity contribution in [1.29, 1.82) is 0 Å². The topological polar surface area (TPSA) is 67.6 Å². The number of hydrogen-bond acceptors (Lipinski definition) is 4. The van der Waals surface area contributed by atoms with Gasteiger partial charge in [-0.2, -0.15) is 0 Å². The van der Waals surface area contributed by atoms with Gasteiger partial charge in [0.25, 0.3) is 0 Å². The van der Waals surface area contributed by atoms with Crippen LogP contribution in [0, 0.1) is 19.7 Å². The molecule has 0 saturated carbocycles. The van der Waals surface area contributed by atoms with Gasteiger partial charge in [0.15, 0.2) is 0 Å². The van der Waals surface area contributed by atoms with Crippen LogP contribution >= 0.6 is 0 Å². The van der Waals surface area contributed by atoms with Gasteiger partial charge in [-0.15, -0.1) is 0 Å². The maximum atomic E-state index is 13.8. The van der Waals surface area contributed by atoms with E-state index in [4.69, 9.17) is 9.72 Å². The zero-order valence-corrected chi connectivity index (χ0v) is 19.8. The van der Waals surface area contributed by atoms with Crippen molar-refractivity contribution in [2.45, 2.75) is 38.8 Å². The molecule has 1 N–H and O–H groups in total. The van der Waals surface area contributed by atoms with Crippen molar-refractivity contribution >= 4 is 22.6 Å². The van der Waals surface area contributed by atoms with Crippen LogP contribution in [0.2, 0.25) is 0 Å². The number of fused-ring (bicyclic) bond motifs is 1. The molecule has 3 aromatic carbocycles. The molecular formula is C28H28FN3O3. The van der Waals surface area contributed by atoms with Crippen molar-refractivity contribution in [3.8, 4) is 5.75 Å². The molecule has 5 rings (SSSR count). The molecule has 0 aliphatic carbocycles. The molecule has 35 heavy (non-hydrogen) atoms. The van der Waals surface area contributed by atoms with Crippen molar-refractivity contribution in [2.24, 2.45) is 0 Å². The summed E-state index contributed by atoms with van der Waals surface area (Å²) in [4.78, 5) is 19.3. The largest absolute Gasteiger partial charge is 0.490 e. The summed E-state index contributed by atoms with van der Waals surface area (Å²) in [6.45, 7) is 4.79. The van der Waals surface area contributed by atoms with Crippen molar-refractivity contribution in [3.63, 3.8) is 0 Å². The summed E-state index contributed by atoms with van der Waals surface area (Å²) < 4.78 is 21.7. The van der Waals surface area contributed by atoms with E-state index in [0.717, 1.165) is 33.7 Å². The third kappa shape index (κ3) is 4.64. The predicted molar refractivity (Wildman–Crippen MR) is 133 cm³/mol. The Hall–Kier alpha value is -3.71. The van der Waals surface area contributed by atoms with E-state index in [2.05, 4.69) is 0 Å². The number of aromatic nitrogens is 2. The molecule has 1 aromatic heterocycles. The highest BCUT2D eigenvalue weighted by Gasteiger charge is 2.35. The average molecular weight is 474 g/mol. The smallest absolute Gasteiger partial charge is 0.227 e. The molecule has 1 aliphatic rings. The fourth-order valence-electron chi connectivity index (χ4n) is 4.84. The number of benzene rings is 3. The van der Waals surface area contributed by atoms with Gasteiger partial charge in [0, 0.05) is 24.6 Å². The second kappa shape index (κ2) is 9.50. The number of nitrogens with zero attached hydrogens (tertiary/aromatic N) is 3. The van der Waals surface area contributed by atoms with Crippen LogP contribution in [-0.4, -0.2) is 39.8 Å². The summed E-state index contributed by atoms with van der Waals surface area (Å²) in [7, 11) is 0. The van der Waals surface area contributed by atoms with Gasteiger partial charge in [-0.05, 0) is 55.3 Å². The highest BCUT2D eigenvalue weighted by molar-refractivity contribution is 5.96. The van der Waals surface area contributed by atoms with E-state index in [1.165, 1.54) is 12.1 Å². The standard InChI is InChI=1S/C28H28FN3O3/c1-18-7-5-8-19(2)27(18)35-17-23(33)16-32-25-12-4-3-11-24(25)30-28(32)20-13-26(34)31(15-20)22-10-6-9-21(29)14-22/h3-12,14,20,23,33H,13,15-17H2,1-2H3/t20-,23+/m1/s1. The maximum absolute atomic E-state index is 13.8. The third-order valence-electron chi connectivity index (χ3n) is 6.52. The molecular weight excluding hydrogens is 445 g/mol. The van der Waals surface area contributed by atoms with Gasteiger partial charge in [-0.25, -0.2) is 9.37 Å². The number of aliphatic hydroxyl groups is 1. The molecule has 2 atom stereocenters. The lowest BCUT2D eigenvalue weighted by Crippen LogP contribution is -2.26. The number of aryl methyl sites for hydroxylation is 2. The molecule has 1 amide bonds. The number of amides is 1. The maximum Gasteiger partial charge on any atom is 0.227 e. The summed E-state index contributed by atoms with van der Waals surface area (Å²) in [5.41, 5.74) is 4.29. The molecule has 1 fully saturated rings. The monoisotopic (exact) mass is 473 g/mol. The number of ether oxygens (including phenoxy) is 1. The van der Waals surface area contributed by atoms with Crippen molar-refractivity contribution in [1.82, 2.24) is 9.55 Å². The van der Waals surface area contributed by atoms with E-state index in [0.29, 0.717) is 12.2 Å². The summed E-state index contributed by atoms with van der Waals surface area (Å²) >= 11 is 0. The van der Waals surface area contributed by atoms with Crippen molar-refractivity contribution in [2.75, 3.05) is 18.1 Å². The van der Waals surface area contributed by atoms with E-state index in [-0.39, 0.29) is 37.2 Å². The first-order valence-corrected chi connectivity index (χ1v) is 11.8. The number of halogens is 1. The minimum Gasteiger partial charge on any atom is -0.490 e. The lowest BCUT2D eigenvalue weighted by atomic mass is 10.1. The highest BCUT2D eigenvalue weighted by atomic mass is 19.1. The quantitative estimate of drug-likeness (QED) is 0.421. The molecule has 0 spiro atoms. The highest BCUT2D eigenvalue weighted by Crippen LogP contribution is 2.33. The molecule has 0 radical (unpaired) electrons. The Bertz CT molecular complexity index is 1360. The number of anilines is 1. The molecule has 180 valence electrons. The fourth-order valence-corrected chi connectivity index (χ4v) is 4.84. The number of para-hydroxylation sites is 3. The fraction of sp³-hybridized carbons (Fsp3) is 0.286. The molecule has 6 nitrogen and oxygen atoms in total. The van der Waals surface area contributed by atoms with Crippen molar-refractivity contribution in [3.05, 3.63) is 89.5 Å². The Morgan fingerprint density at radius 3 is 2.60 bits per heavy atom. The van der Waals surface area contributed by atoms with Crippen LogP contribution in [0.1, 0.15) is 29.3 Å². The number of rotatable bonds is 7. The van der Waals surface area contributed by atoms with Crippen LogP contribution in [0.4, 0.5) is 10.1 Å². The Kier molecular flexibility index (Phi) is 6.26. The lowest BCUT2D eigenvalue weighted by molar-refractivity contribution is -0.117. The summed E-state index contributed by atoms with van der Waals surface area (Å²) in [6.07, 6.45) is -0.503. The zero-order chi connectivity index (χ0) is 24.5. The van der Waals surface area contributed by atoms with Crippen molar-refractivity contribution < 1.29 is 19.0 Å². The normalized spacial score (nSPS) is 16.7.